The number of methoxy groups -OCH3 is 1. The van der Waals surface area contributed by atoms with E-state index in [9.17, 15) is 4.79 Å². The summed E-state index contributed by atoms with van der Waals surface area (Å²) in [7, 11) is 3.47. The Bertz CT molecular complexity index is 710. The van der Waals surface area contributed by atoms with Gasteiger partial charge in [0.1, 0.15) is 5.75 Å². The molecule has 2 rings (SSSR count). The summed E-state index contributed by atoms with van der Waals surface area (Å²) >= 11 is 0. The number of likely N-dealkylation sites (N-methyl/N-ethyl adjacent to an activating group) is 1. The molecule has 2 aromatic rings. The monoisotopic (exact) mass is 354 g/mol. The van der Waals surface area contributed by atoms with E-state index in [1.165, 1.54) is 11.1 Å². The van der Waals surface area contributed by atoms with Crippen LogP contribution in [0.25, 0.3) is 0 Å². The molecule has 140 valence electrons. The number of amides is 1. The molecule has 0 saturated heterocycles. The zero-order chi connectivity index (χ0) is 19.1. The second kappa shape index (κ2) is 9.39. The highest BCUT2D eigenvalue weighted by Crippen LogP contribution is 2.20. The smallest absolute Gasteiger partial charge is 0.236 e. The molecule has 0 aliphatic heterocycles. The first kappa shape index (κ1) is 20.0. The van der Waals surface area contributed by atoms with E-state index in [0.29, 0.717) is 19.0 Å². The summed E-state index contributed by atoms with van der Waals surface area (Å²) in [6.07, 6.45) is 0. The number of nitrogens with zero attached hydrogens (tertiary/aromatic N) is 1. The van der Waals surface area contributed by atoms with Gasteiger partial charge in [-0.05, 0) is 30.0 Å². The Hall–Kier alpha value is -2.33. The summed E-state index contributed by atoms with van der Waals surface area (Å²) in [5.41, 5.74) is 3.52. The van der Waals surface area contributed by atoms with Crippen molar-refractivity contribution in [3.05, 3.63) is 65.2 Å². The van der Waals surface area contributed by atoms with Gasteiger partial charge in [-0.3, -0.25) is 4.79 Å². The highest BCUT2D eigenvalue weighted by atomic mass is 16.5. The van der Waals surface area contributed by atoms with Gasteiger partial charge in [-0.1, -0.05) is 56.3 Å². The van der Waals surface area contributed by atoms with Gasteiger partial charge in [0.05, 0.1) is 13.7 Å². The quantitative estimate of drug-likeness (QED) is 0.775. The van der Waals surface area contributed by atoms with Gasteiger partial charge in [-0.25, -0.2) is 0 Å². The summed E-state index contributed by atoms with van der Waals surface area (Å²) in [5, 5.41) is 3.32. The predicted molar refractivity (Wildman–Crippen MR) is 106 cm³/mol. The van der Waals surface area contributed by atoms with Gasteiger partial charge in [0.2, 0.25) is 5.91 Å². The number of ether oxygens (including phenoxy) is 1. The Kier molecular flexibility index (Phi) is 7.22. The van der Waals surface area contributed by atoms with Gasteiger partial charge in [0, 0.05) is 25.2 Å². The van der Waals surface area contributed by atoms with Crippen LogP contribution in [-0.4, -0.2) is 31.5 Å². The Morgan fingerprint density at radius 1 is 1.04 bits per heavy atom. The molecule has 1 atom stereocenters. The fourth-order valence-electron chi connectivity index (χ4n) is 2.84. The van der Waals surface area contributed by atoms with E-state index in [1.54, 1.807) is 12.0 Å². The van der Waals surface area contributed by atoms with E-state index in [1.807, 2.05) is 31.3 Å². The summed E-state index contributed by atoms with van der Waals surface area (Å²) in [6.45, 7) is 7.29. The van der Waals surface area contributed by atoms with Crippen LogP contribution in [0.4, 0.5) is 0 Å². The van der Waals surface area contributed by atoms with Crippen molar-refractivity contribution < 1.29 is 9.53 Å². The van der Waals surface area contributed by atoms with E-state index in [4.69, 9.17) is 4.74 Å². The molecule has 4 nitrogen and oxygen atoms in total. The van der Waals surface area contributed by atoms with Gasteiger partial charge in [-0.15, -0.1) is 0 Å². The van der Waals surface area contributed by atoms with Crippen molar-refractivity contribution in [2.45, 2.75) is 39.3 Å². The Morgan fingerprint density at radius 2 is 1.65 bits per heavy atom. The summed E-state index contributed by atoms with van der Waals surface area (Å²) in [5.74, 6) is 1.39. The molecule has 1 N–H and O–H groups in total. The Morgan fingerprint density at radius 3 is 2.27 bits per heavy atom. The lowest BCUT2D eigenvalue weighted by molar-refractivity contribution is -0.129. The summed E-state index contributed by atoms with van der Waals surface area (Å²) < 4.78 is 5.35. The second-order valence-electron chi connectivity index (χ2n) is 6.99. The number of nitrogens with one attached hydrogen (secondary N) is 1. The van der Waals surface area contributed by atoms with Crippen LogP contribution in [0, 0.1) is 0 Å². The maximum atomic E-state index is 12.4. The third-order valence-electron chi connectivity index (χ3n) is 4.69. The largest absolute Gasteiger partial charge is 0.496 e. The molecule has 0 heterocycles. The number of rotatable bonds is 8. The van der Waals surface area contributed by atoms with Gasteiger partial charge in [-0.2, -0.15) is 0 Å². The molecule has 0 aliphatic carbocycles. The molecular formula is C22H30N2O2. The van der Waals surface area contributed by atoms with Gasteiger partial charge < -0.3 is 15.0 Å². The summed E-state index contributed by atoms with van der Waals surface area (Å²) in [4.78, 5) is 14.2. The minimum atomic E-state index is 0.0570. The normalized spacial score (nSPS) is 12.1. The maximum Gasteiger partial charge on any atom is 0.236 e. The molecule has 2 aromatic carbocycles. The van der Waals surface area contributed by atoms with Gasteiger partial charge in [0.25, 0.3) is 0 Å². The SMILES string of the molecule is COc1ccccc1CN(C)C(=O)CNC(C)c1ccc(C(C)C)cc1. The third-order valence-corrected chi connectivity index (χ3v) is 4.69. The van der Waals surface area contributed by atoms with Crippen molar-refractivity contribution in [2.24, 2.45) is 0 Å². The van der Waals surface area contributed by atoms with Crippen LogP contribution in [0.3, 0.4) is 0 Å². The van der Waals surface area contributed by atoms with E-state index in [2.05, 4.69) is 50.4 Å². The molecule has 0 fully saturated rings. The van der Waals surface area contributed by atoms with Crippen molar-refractivity contribution >= 4 is 5.91 Å². The zero-order valence-corrected chi connectivity index (χ0v) is 16.5. The van der Waals surface area contributed by atoms with Crippen LogP contribution in [0.15, 0.2) is 48.5 Å². The lowest BCUT2D eigenvalue weighted by Crippen LogP contribution is -2.36. The second-order valence-corrected chi connectivity index (χ2v) is 6.99. The van der Waals surface area contributed by atoms with Crippen LogP contribution in [0.1, 0.15) is 49.4 Å². The lowest BCUT2D eigenvalue weighted by Gasteiger charge is -2.21. The lowest BCUT2D eigenvalue weighted by atomic mass is 9.99. The van der Waals surface area contributed by atoms with E-state index < -0.39 is 0 Å². The molecule has 1 unspecified atom stereocenters. The molecule has 1 amide bonds. The number of hydrogen-bond acceptors (Lipinski definition) is 3. The van der Waals surface area contributed by atoms with Crippen molar-refractivity contribution in [3.63, 3.8) is 0 Å². The number of benzene rings is 2. The van der Waals surface area contributed by atoms with Gasteiger partial charge in [0.15, 0.2) is 0 Å². The predicted octanol–water partition coefficient (Wildman–Crippen LogP) is 4.13. The molecule has 0 spiro atoms. The molecular weight excluding hydrogens is 324 g/mol. The van der Waals surface area contributed by atoms with Crippen molar-refractivity contribution in [1.29, 1.82) is 0 Å². The topological polar surface area (TPSA) is 41.6 Å². The number of para-hydroxylation sites is 1. The number of carbonyl (C=O) groups excluding carboxylic acids is 1. The van der Waals surface area contributed by atoms with Crippen molar-refractivity contribution in [2.75, 3.05) is 20.7 Å². The maximum absolute atomic E-state index is 12.4. The molecule has 0 aliphatic rings. The standard InChI is InChI=1S/C22H30N2O2/c1-16(2)18-10-12-19(13-11-18)17(3)23-14-22(25)24(4)15-20-8-6-7-9-21(20)26-5/h6-13,16-17,23H,14-15H2,1-5H3. The number of hydrogen-bond donors (Lipinski definition) is 1. The Labute approximate surface area is 157 Å². The first-order chi connectivity index (χ1) is 12.4. The van der Waals surface area contributed by atoms with Crippen molar-refractivity contribution in [1.82, 2.24) is 10.2 Å². The highest BCUT2D eigenvalue weighted by molar-refractivity contribution is 5.78. The van der Waals surface area contributed by atoms with Crippen LogP contribution < -0.4 is 10.1 Å². The Balaban J connectivity index is 1.88. The minimum absolute atomic E-state index is 0.0570. The van der Waals surface area contributed by atoms with Crippen molar-refractivity contribution in [3.8, 4) is 5.75 Å². The van der Waals surface area contributed by atoms with Gasteiger partial charge >= 0.3 is 0 Å². The average Bonchev–Trinajstić information content (AvgIpc) is 2.66. The first-order valence-electron chi connectivity index (χ1n) is 9.11. The van der Waals surface area contributed by atoms with Crippen LogP contribution in [0.2, 0.25) is 0 Å². The van der Waals surface area contributed by atoms with E-state index in [0.717, 1.165) is 11.3 Å². The fraction of sp³-hybridized carbons (Fsp3) is 0.409. The molecule has 26 heavy (non-hydrogen) atoms. The molecule has 0 bridgehead atoms. The number of carbonyl (C=O) groups is 1. The summed E-state index contributed by atoms with van der Waals surface area (Å²) in [6, 6.07) is 16.5. The first-order valence-corrected chi connectivity index (χ1v) is 9.11. The van der Waals surface area contributed by atoms with E-state index in [-0.39, 0.29) is 11.9 Å². The third kappa shape index (κ3) is 5.33. The fourth-order valence-corrected chi connectivity index (χ4v) is 2.84. The molecule has 0 radical (unpaired) electrons. The van der Waals surface area contributed by atoms with Crippen LogP contribution in [0.5, 0.6) is 5.75 Å². The molecule has 4 heteroatoms. The molecule has 0 aromatic heterocycles. The highest BCUT2D eigenvalue weighted by Gasteiger charge is 2.13. The minimum Gasteiger partial charge on any atom is -0.496 e. The average molecular weight is 354 g/mol. The van der Waals surface area contributed by atoms with E-state index >= 15 is 0 Å². The zero-order valence-electron chi connectivity index (χ0n) is 16.5. The van der Waals surface area contributed by atoms with Crippen LogP contribution in [-0.2, 0) is 11.3 Å². The van der Waals surface area contributed by atoms with Crippen LogP contribution >= 0.6 is 0 Å². The molecule has 0 saturated carbocycles.